The average Bonchev–Trinajstić information content (AvgIpc) is 3.35. The highest BCUT2D eigenvalue weighted by molar-refractivity contribution is 7.92. The summed E-state index contributed by atoms with van der Waals surface area (Å²) in [5.41, 5.74) is 6.25. The zero-order valence-corrected chi connectivity index (χ0v) is 17.9. The van der Waals surface area contributed by atoms with E-state index in [2.05, 4.69) is 51.7 Å². The molecule has 1 saturated heterocycles. The lowest BCUT2D eigenvalue weighted by Crippen LogP contribution is -2.20. The van der Waals surface area contributed by atoms with E-state index in [0.717, 1.165) is 65.4 Å². The standard InChI is InChI=1S/C24H24N5OS/c30-31(21-8-9-21)22-3-1-2-18(12-22)23-14-27-29-15-19(13-26-24(23)29)17-4-6-20(7-5-17)28-11-10-25-16-28/h1-7,12-15,21,25,30H,8-11,16H2/q+1. The first-order valence-corrected chi connectivity index (χ1v) is 11.9. The van der Waals surface area contributed by atoms with Crippen LogP contribution in [0.5, 0.6) is 0 Å². The molecule has 31 heavy (non-hydrogen) atoms. The van der Waals surface area contributed by atoms with E-state index < -0.39 is 11.2 Å². The lowest BCUT2D eigenvalue weighted by molar-refractivity contribution is 0.637. The highest BCUT2D eigenvalue weighted by atomic mass is 32.2. The van der Waals surface area contributed by atoms with Crippen LogP contribution in [-0.2, 0) is 11.2 Å². The molecule has 0 amide bonds. The SMILES string of the molecule is O[S+](c1cccc(-c2cnn3cc(-c4ccc(N5CCNC5)cc4)cnc23)c1)C1CC1. The van der Waals surface area contributed by atoms with Crippen molar-refractivity contribution in [1.82, 2.24) is 19.9 Å². The number of rotatable bonds is 5. The van der Waals surface area contributed by atoms with Crippen LogP contribution < -0.4 is 10.2 Å². The van der Waals surface area contributed by atoms with E-state index >= 15 is 0 Å². The van der Waals surface area contributed by atoms with Crippen LogP contribution in [0.1, 0.15) is 12.8 Å². The molecule has 4 aromatic rings. The smallest absolute Gasteiger partial charge is 0.190 e. The van der Waals surface area contributed by atoms with Gasteiger partial charge in [0.2, 0.25) is 0 Å². The third kappa shape index (κ3) is 3.59. The highest BCUT2D eigenvalue weighted by Crippen LogP contribution is 2.35. The summed E-state index contributed by atoms with van der Waals surface area (Å²) in [5, 5.41) is 8.36. The lowest BCUT2D eigenvalue weighted by atomic mass is 10.1. The molecule has 1 aliphatic carbocycles. The summed E-state index contributed by atoms with van der Waals surface area (Å²) in [6.07, 6.45) is 8.06. The summed E-state index contributed by atoms with van der Waals surface area (Å²) >= 11 is -0.666. The molecule has 1 aliphatic heterocycles. The number of hydrogen-bond donors (Lipinski definition) is 2. The van der Waals surface area contributed by atoms with E-state index in [1.165, 1.54) is 5.69 Å². The van der Waals surface area contributed by atoms with Crippen LogP contribution in [0.4, 0.5) is 5.69 Å². The van der Waals surface area contributed by atoms with Gasteiger partial charge in [0.05, 0.1) is 12.9 Å². The van der Waals surface area contributed by atoms with Crippen molar-refractivity contribution in [3.05, 3.63) is 67.1 Å². The second-order valence-corrected chi connectivity index (χ2v) is 9.95. The van der Waals surface area contributed by atoms with Gasteiger partial charge in [-0.2, -0.15) is 9.65 Å². The first-order chi connectivity index (χ1) is 15.3. The third-order valence-electron chi connectivity index (χ3n) is 6.01. The second kappa shape index (κ2) is 7.67. The van der Waals surface area contributed by atoms with Gasteiger partial charge in [0.15, 0.2) is 27.0 Å². The van der Waals surface area contributed by atoms with Crippen LogP contribution in [0.25, 0.3) is 27.9 Å². The van der Waals surface area contributed by atoms with Crippen molar-refractivity contribution in [2.75, 3.05) is 24.7 Å². The summed E-state index contributed by atoms with van der Waals surface area (Å²) in [6, 6.07) is 16.8. The van der Waals surface area contributed by atoms with E-state index in [-0.39, 0.29) is 0 Å². The van der Waals surface area contributed by atoms with E-state index in [1.807, 2.05) is 35.2 Å². The number of hydrogen-bond acceptors (Lipinski definition) is 5. The third-order valence-corrected chi connectivity index (χ3v) is 7.85. The Hall–Kier alpha value is -2.87. The molecular formula is C24H24N5OS+. The van der Waals surface area contributed by atoms with Crippen LogP contribution in [0.3, 0.4) is 0 Å². The molecule has 1 unspecified atom stereocenters. The quantitative estimate of drug-likeness (QED) is 0.468. The molecule has 2 N–H and O–H groups in total. The summed E-state index contributed by atoms with van der Waals surface area (Å²) in [5.74, 6) is 0. The molecule has 2 aliphatic rings. The van der Waals surface area contributed by atoms with Crippen LogP contribution >= 0.6 is 0 Å². The Morgan fingerprint density at radius 3 is 2.65 bits per heavy atom. The number of fused-ring (bicyclic) bond motifs is 1. The fourth-order valence-corrected chi connectivity index (χ4v) is 5.53. The van der Waals surface area contributed by atoms with E-state index in [0.29, 0.717) is 5.25 Å². The van der Waals surface area contributed by atoms with Crippen LogP contribution in [0.15, 0.2) is 72.0 Å². The zero-order chi connectivity index (χ0) is 20.8. The summed E-state index contributed by atoms with van der Waals surface area (Å²) in [4.78, 5) is 8.07. The molecular weight excluding hydrogens is 406 g/mol. The number of aromatic nitrogens is 3. The van der Waals surface area contributed by atoms with Gasteiger partial charge in [0.1, 0.15) is 0 Å². The molecule has 0 spiro atoms. The van der Waals surface area contributed by atoms with Crippen molar-refractivity contribution in [2.24, 2.45) is 0 Å². The predicted molar refractivity (Wildman–Crippen MR) is 125 cm³/mol. The van der Waals surface area contributed by atoms with Gasteiger partial charge in [-0.3, -0.25) is 5.32 Å². The van der Waals surface area contributed by atoms with Crippen molar-refractivity contribution in [1.29, 1.82) is 0 Å². The van der Waals surface area contributed by atoms with Crippen LogP contribution in [0, 0.1) is 0 Å². The van der Waals surface area contributed by atoms with Crippen molar-refractivity contribution >= 4 is 22.5 Å². The first kappa shape index (κ1) is 18.9. The molecule has 0 radical (unpaired) electrons. The monoisotopic (exact) mass is 430 g/mol. The molecule has 1 saturated carbocycles. The Balaban J connectivity index is 1.30. The molecule has 2 aromatic heterocycles. The van der Waals surface area contributed by atoms with Crippen molar-refractivity contribution in [2.45, 2.75) is 23.0 Å². The minimum absolute atomic E-state index is 0.438. The van der Waals surface area contributed by atoms with Crippen molar-refractivity contribution in [3.63, 3.8) is 0 Å². The van der Waals surface area contributed by atoms with Crippen molar-refractivity contribution in [3.8, 4) is 22.3 Å². The maximum absolute atomic E-state index is 10.5. The Bertz CT molecular complexity index is 1230. The highest BCUT2D eigenvalue weighted by Gasteiger charge is 2.42. The number of benzene rings is 2. The topological polar surface area (TPSA) is 65.7 Å². The zero-order valence-electron chi connectivity index (χ0n) is 17.1. The van der Waals surface area contributed by atoms with E-state index in [4.69, 9.17) is 4.98 Å². The average molecular weight is 431 g/mol. The van der Waals surface area contributed by atoms with Gasteiger partial charge in [0.25, 0.3) is 0 Å². The predicted octanol–water partition coefficient (Wildman–Crippen LogP) is 4.04. The molecule has 7 heteroatoms. The van der Waals surface area contributed by atoms with Gasteiger partial charge in [-0.25, -0.2) is 9.50 Å². The molecule has 6 nitrogen and oxygen atoms in total. The molecule has 1 atom stereocenters. The van der Waals surface area contributed by atoms with Gasteiger partial charge >= 0.3 is 0 Å². The molecule has 2 aromatic carbocycles. The molecule has 0 bridgehead atoms. The van der Waals surface area contributed by atoms with Crippen LogP contribution in [0.2, 0.25) is 0 Å². The number of nitrogens with one attached hydrogen (secondary N) is 1. The maximum atomic E-state index is 10.5. The van der Waals surface area contributed by atoms with E-state index in [1.54, 1.807) is 0 Å². The second-order valence-electron chi connectivity index (χ2n) is 8.18. The van der Waals surface area contributed by atoms with Crippen molar-refractivity contribution < 1.29 is 4.55 Å². The Kier molecular flexibility index (Phi) is 4.67. The summed E-state index contributed by atoms with van der Waals surface area (Å²) in [7, 11) is 0. The normalized spacial score (nSPS) is 17.4. The van der Waals surface area contributed by atoms with Gasteiger partial charge in [0, 0.05) is 61.2 Å². The maximum Gasteiger partial charge on any atom is 0.190 e. The Morgan fingerprint density at radius 2 is 1.87 bits per heavy atom. The van der Waals surface area contributed by atoms with Crippen LogP contribution in [-0.4, -0.2) is 44.2 Å². The van der Waals surface area contributed by atoms with Gasteiger partial charge in [-0.15, -0.1) is 0 Å². The summed E-state index contributed by atoms with van der Waals surface area (Å²) < 4.78 is 12.4. The Morgan fingerprint density at radius 1 is 1.00 bits per heavy atom. The lowest BCUT2D eigenvalue weighted by Gasteiger charge is -2.16. The fourth-order valence-electron chi connectivity index (χ4n) is 4.10. The number of anilines is 1. The minimum Gasteiger partial charge on any atom is -0.357 e. The van der Waals surface area contributed by atoms with Gasteiger partial charge < -0.3 is 4.90 Å². The Labute approximate surface area is 184 Å². The van der Waals surface area contributed by atoms with Gasteiger partial charge in [-0.05, 0) is 29.3 Å². The molecule has 3 heterocycles. The molecule has 2 fully saturated rings. The molecule has 6 rings (SSSR count). The number of nitrogens with zero attached hydrogens (tertiary/aromatic N) is 4. The first-order valence-electron chi connectivity index (χ1n) is 10.7. The minimum atomic E-state index is -0.666. The fraction of sp³-hybridized carbons (Fsp3) is 0.250. The summed E-state index contributed by atoms with van der Waals surface area (Å²) in [6.45, 7) is 2.98. The molecule has 156 valence electrons. The van der Waals surface area contributed by atoms with E-state index in [9.17, 15) is 4.55 Å². The largest absolute Gasteiger partial charge is 0.357 e. The van der Waals surface area contributed by atoms with Gasteiger partial charge in [-0.1, -0.05) is 24.3 Å².